The van der Waals surface area contributed by atoms with Gasteiger partial charge in [-0.3, -0.25) is 0 Å². The fraction of sp³-hybridized carbons (Fsp3) is 0.600. The highest BCUT2D eigenvalue weighted by molar-refractivity contribution is 6.30. The maximum atomic E-state index is 9.52. The Morgan fingerprint density at radius 1 is 1.00 bits per heavy atom. The molecule has 1 fully saturated rings. The summed E-state index contributed by atoms with van der Waals surface area (Å²) in [5.41, 5.74) is 2.84. The number of benzene rings is 1. The Balaban J connectivity index is 1.58. The Kier molecular flexibility index (Phi) is 3.60. The molecule has 1 saturated carbocycles. The summed E-state index contributed by atoms with van der Waals surface area (Å²) in [5.74, 6) is 0. The van der Waals surface area contributed by atoms with Gasteiger partial charge in [0.2, 0.25) is 0 Å². The second kappa shape index (κ2) is 5.20. The molecular formula is C15H20ClNO. The molecule has 3 rings (SSSR count). The minimum Gasteiger partial charge on any atom is -0.393 e. The zero-order valence-electron chi connectivity index (χ0n) is 10.5. The van der Waals surface area contributed by atoms with Crippen LogP contribution in [0.25, 0.3) is 0 Å². The molecule has 98 valence electrons. The average molecular weight is 266 g/mol. The Morgan fingerprint density at radius 2 is 1.72 bits per heavy atom. The van der Waals surface area contributed by atoms with E-state index in [9.17, 15) is 5.11 Å². The second-order valence-electron chi connectivity index (χ2n) is 5.69. The summed E-state index contributed by atoms with van der Waals surface area (Å²) in [6.45, 7) is 0. The van der Waals surface area contributed by atoms with Crippen molar-refractivity contribution in [1.29, 1.82) is 0 Å². The number of halogens is 1. The summed E-state index contributed by atoms with van der Waals surface area (Å²) < 4.78 is 0. The number of aliphatic hydroxyl groups is 1. The predicted octanol–water partition coefficient (Wildman–Crippen LogP) is 2.70. The van der Waals surface area contributed by atoms with Crippen LogP contribution in [-0.4, -0.2) is 23.3 Å². The normalized spacial score (nSPS) is 31.3. The van der Waals surface area contributed by atoms with Gasteiger partial charge in [0.1, 0.15) is 0 Å². The van der Waals surface area contributed by atoms with Crippen molar-refractivity contribution in [2.75, 3.05) is 0 Å². The van der Waals surface area contributed by atoms with Crippen LogP contribution in [0.4, 0.5) is 0 Å². The topological polar surface area (TPSA) is 32.3 Å². The zero-order valence-corrected chi connectivity index (χ0v) is 11.3. The van der Waals surface area contributed by atoms with E-state index in [-0.39, 0.29) is 6.10 Å². The quantitative estimate of drug-likeness (QED) is 0.862. The van der Waals surface area contributed by atoms with Crippen LogP contribution in [0.15, 0.2) is 18.2 Å². The average Bonchev–Trinajstić information content (AvgIpc) is 2.73. The van der Waals surface area contributed by atoms with E-state index in [1.54, 1.807) is 0 Å². The maximum absolute atomic E-state index is 9.52. The van der Waals surface area contributed by atoms with Crippen molar-refractivity contribution in [3.8, 4) is 0 Å². The van der Waals surface area contributed by atoms with Crippen LogP contribution < -0.4 is 5.32 Å². The first-order valence-electron chi connectivity index (χ1n) is 6.92. The van der Waals surface area contributed by atoms with Crippen molar-refractivity contribution < 1.29 is 5.11 Å². The highest BCUT2D eigenvalue weighted by Crippen LogP contribution is 2.27. The third-order valence-corrected chi connectivity index (χ3v) is 4.50. The van der Waals surface area contributed by atoms with Gasteiger partial charge in [-0.2, -0.15) is 0 Å². The Labute approximate surface area is 113 Å². The predicted molar refractivity (Wildman–Crippen MR) is 74.0 cm³/mol. The first-order chi connectivity index (χ1) is 8.70. The molecule has 1 unspecified atom stereocenters. The molecule has 0 aromatic heterocycles. The SMILES string of the molecule is OC1CCC(NC2Cc3ccc(Cl)cc3C2)CC1. The van der Waals surface area contributed by atoms with Crippen molar-refractivity contribution in [2.24, 2.45) is 0 Å². The van der Waals surface area contributed by atoms with Crippen LogP contribution in [0.1, 0.15) is 36.8 Å². The van der Waals surface area contributed by atoms with Gasteiger partial charge in [-0.15, -0.1) is 0 Å². The summed E-state index contributed by atoms with van der Waals surface area (Å²) in [4.78, 5) is 0. The highest BCUT2D eigenvalue weighted by atomic mass is 35.5. The molecular weight excluding hydrogens is 246 g/mol. The molecule has 2 aliphatic carbocycles. The standard InChI is InChI=1S/C15H20ClNO/c16-12-2-1-10-8-14(9-11(10)7-12)17-13-3-5-15(18)6-4-13/h1-2,7,13-15,17-18H,3-6,8-9H2. The van der Waals surface area contributed by atoms with Gasteiger partial charge in [-0.1, -0.05) is 17.7 Å². The lowest BCUT2D eigenvalue weighted by atomic mass is 9.92. The van der Waals surface area contributed by atoms with E-state index in [0.717, 1.165) is 43.5 Å². The molecule has 0 bridgehead atoms. The smallest absolute Gasteiger partial charge is 0.0541 e. The molecule has 0 radical (unpaired) electrons. The first kappa shape index (κ1) is 12.5. The molecule has 2 N–H and O–H groups in total. The van der Waals surface area contributed by atoms with E-state index in [1.165, 1.54) is 11.1 Å². The Hall–Kier alpha value is -0.570. The van der Waals surface area contributed by atoms with Gasteiger partial charge < -0.3 is 10.4 Å². The molecule has 1 aromatic carbocycles. The molecule has 0 amide bonds. The lowest BCUT2D eigenvalue weighted by molar-refractivity contribution is 0.114. The number of aliphatic hydroxyl groups excluding tert-OH is 1. The van der Waals surface area contributed by atoms with Gasteiger partial charge in [-0.05, 0) is 61.8 Å². The molecule has 3 heteroatoms. The summed E-state index contributed by atoms with van der Waals surface area (Å²) in [6, 6.07) is 7.38. The molecule has 1 aromatic rings. The third-order valence-electron chi connectivity index (χ3n) is 4.27. The van der Waals surface area contributed by atoms with Crippen LogP contribution in [-0.2, 0) is 12.8 Å². The van der Waals surface area contributed by atoms with E-state index >= 15 is 0 Å². The first-order valence-corrected chi connectivity index (χ1v) is 7.30. The molecule has 1 atom stereocenters. The fourth-order valence-electron chi connectivity index (χ4n) is 3.28. The lowest BCUT2D eigenvalue weighted by Crippen LogP contribution is -2.41. The van der Waals surface area contributed by atoms with Crippen LogP contribution in [0, 0.1) is 0 Å². The minimum atomic E-state index is -0.0670. The van der Waals surface area contributed by atoms with Crippen molar-refractivity contribution in [3.05, 3.63) is 34.3 Å². The summed E-state index contributed by atoms with van der Waals surface area (Å²) in [6.07, 6.45) is 6.25. The summed E-state index contributed by atoms with van der Waals surface area (Å²) in [7, 11) is 0. The van der Waals surface area contributed by atoms with E-state index in [2.05, 4.69) is 17.4 Å². The Bertz CT molecular complexity index is 427. The van der Waals surface area contributed by atoms with Gasteiger partial charge in [0, 0.05) is 17.1 Å². The number of hydrogen-bond donors (Lipinski definition) is 2. The van der Waals surface area contributed by atoms with E-state index in [0.29, 0.717) is 12.1 Å². The molecule has 0 saturated heterocycles. The van der Waals surface area contributed by atoms with E-state index < -0.39 is 0 Å². The monoisotopic (exact) mass is 265 g/mol. The number of fused-ring (bicyclic) bond motifs is 1. The molecule has 0 aliphatic heterocycles. The molecule has 0 heterocycles. The molecule has 18 heavy (non-hydrogen) atoms. The van der Waals surface area contributed by atoms with Crippen molar-refractivity contribution in [2.45, 2.75) is 56.7 Å². The van der Waals surface area contributed by atoms with Crippen LogP contribution >= 0.6 is 11.6 Å². The summed E-state index contributed by atoms with van der Waals surface area (Å²) >= 11 is 6.03. The van der Waals surface area contributed by atoms with Gasteiger partial charge in [-0.25, -0.2) is 0 Å². The van der Waals surface area contributed by atoms with Gasteiger partial charge in [0.25, 0.3) is 0 Å². The highest BCUT2D eigenvalue weighted by Gasteiger charge is 2.26. The van der Waals surface area contributed by atoms with Crippen LogP contribution in [0.5, 0.6) is 0 Å². The number of nitrogens with one attached hydrogen (secondary N) is 1. The van der Waals surface area contributed by atoms with Crippen LogP contribution in [0.2, 0.25) is 5.02 Å². The molecule has 2 aliphatic rings. The van der Waals surface area contributed by atoms with Crippen molar-refractivity contribution in [1.82, 2.24) is 5.32 Å². The van der Waals surface area contributed by atoms with E-state index in [4.69, 9.17) is 11.6 Å². The molecule has 2 nitrogen and oxygen atoms in total. The lowest BCUT2D eigenvalue weighted by Gasteiger charge is -2.28. The number of hydrogen-bond acceptors (Lipinski definition) is 2. The van der Waals surface area contributed by atoms with E-state index in [1.807, 2.05) is 6.07 Å². The molecule has 0 spiro atoms. The van der Waals surface area contributed by atoms with Crippen molar-refractivity contribution in [3.63, 3.8) is 0 Å². The fourth-order valence-corrected chi connectivity index (χ4v) is 3.48. The zero-order chi connectivity index (χ0) is 12.5. The largest absolute Gasteiger partial charge is 0.393 e. The number of rotatable bonds is 2. The van der Waals surface area contributed by atoms with Gasteiger partial charge in [0.15, 0.2) is 0 Å². The maximum Gasteiger partial charge on any atom is 0.0541 e. The van der Waals surface area contributed by atoms with Gasteiger partial charge in [0.05, 0.1) is 6.10 Å². The summed E-state index contributed by atoms with van der Waals surface area (Å²) in [5, 5.41) is 14.1. The Morgan fingerprint density at radius 3 is 2.50 bits per heavy atom. The minimum absolute atomic E-state index is 0.0670. The van der Waals surface area contributed by atoms with Crippen LogP contribution in [0.3, 0.4) is 0 Å². The van der Waals surface area contributed by atoms with Crippen molar-refractivity contribution >= 4 is 11.6 Å². The van der Waals surface area contributed by atoms with Gasteiger partial charge >= 0.3 is 0 Å². The second-order valence-corrected chi connectivity index (χ2v) is 6.13. The third kappa shape index (κ3) is 2.71.